The smallest absolute Gasteiger partial charge is 0.0471 e. The van der Waals surface area contributed by atoms with Crippen molar-refractivity contribution in [1.82, 2.24) is 10.2 Å². The van der Waals surface area contributed by atoms with Gasteiger partial charge in [-0.2, -0.15) is 0 Å². The Balaban J connectivity index is 2.57. The van der Waals surface area contributed by atoms with E-state index in [0.717, 1.165) is 36.6 Å². The summed E-state index contributed by atoms with van der Waals surface area (Å²) in [6.07, 6.45) is 1.15. The zero-order valence-electron chi connectivity index (χ0n) is 11.8. The van der Waals surface area contributed by atoms with E-state index < -0.39 is 0 Å². The Labute approximate surface area is 116 Å². The molecular weight excluding hydrogens is 246 g/mol. The van der Waals surface area contributed by atoms with Crippen LogP contribution in [0.5, 0.6) is 0 Å². The molecule has 0 atom stereocenters. The highest BCUT2D eigenvalue weighted by Crippen LogP contribution is 2.23. The molecule has 0 aromatic heterocycles. The SMILES string of the molecule is CNCc1ccc(N(C)CCCN(C)C)cc1Cl. The van der Waals surface area contributed by atoms with E-state index in [1.54, 1.807) is 0 Å². The standard InChI is InChI=1S/C14H24ClN3/c1-16-11-12-6-7-13(10-14(12)15)18(4)9-5-8-17(2)3/h6-7,10,16H,5,8-9,11H2,1-4H3. The van der Waals surface area contributed by atoms with Gasteiger partial charge in [-0.3, -0.25) is 0 Å². The molecule has 0 heterocycles. The number of halogens is 1. The maximum Gasteiger partial charge on any atom is 0.0471 e. The van der Waals surface area contributed by atoms with Gasteiger partial charge in [-0.1, -0.05) is 17.7 Å². The zero-order chi connectivity index (χ0) is 13.5. The fourth-order valence-electron chi connectivity index (χ4n) is 1.86. The molecule has 0 saturated heterocycles. The van der Waals surface area contributed by atoms with Crippen molar-refractivity contribution in [3.63, 3.8) is 0 Å². The second kappa shape index (κ2) is 7.62. The lowest BCUT2D eigenvalue weighted by atomic mass is 10.2. The molecule has 0 fully saturated rings. The van der Waals surface area contributed by atoms with Gasteiger partial charge in [-0.15, -0.1) is 0 Å². The minimum Gasteiger partial charge on any atom is -0.375 e. The molecule has 0 saturated carbocycles. The minimum atomic E-state index is 0.809. The van der Waals surface area contributed by atoms with Crippen LogP contribution in [0.4, 0.5) is 5.69 Å². The van der Waals surface area contributed by atoms with Gasteiger partial charge in [-0.25, -0.2) is 0 Å². The van der Waals surface area contributed by atoms with Crippen molar-refractivity contribution in [2.45, 2.75) is 13.0 Å². The van der Waals surface area contributed by atoms with Crippen molar-refractivity contribution in [3.8, 4) is 0 Å². The van der Waals surface area contributed by atoms with Gasteiger partial charge in [0.1, 0.15) is 0 Å². The van der Waals surface area contributed by atoms with E-state index in [2.05, 4.69) is 48.4 Å². The maximum atomic E-state index is 6.26. The van der Waals surface area contributed by atoms with Crippen LogP contribution in [-0.4, -0.2) is 46.2 Å². The van der Waals surface area contributed by atoms with Gasteiger partial charge in [0, 0.05) is 30.8 Å². The number of hydrogen-bond donors (Lipinski definition) is 1. The Bertz CT molecular complexity index is 366. The molecule has 1 aromatic carbocycles. The molecule has 0 aliphatic rings. The summed E-state index contributed by atoms with van der Waals surface area (Å²) in [4.78, 5) is 4.45. The molecule has 0 unspecified atom stereocenters. The van der Waals surface area contributed by atoms with Crippen molar-refractivity contribution in [2.75, 3.05) is 46.2 Å². The van der Waals surface area contributed by atoms with Crippen LogP contribution in [0.1, 0.15) is 12.0 Å². The largest absolute Gasteiger partial charge is 0.375 e. The first-order valence-corrected chi connectivity index (χ1v) is 6.71. The number of nitrogens with zero attached hydrogens (tertiary/aromatic N) is 2. The fourth-order valence-corrected chi connectivity index (χ4v) is 2.10. The van der Waals surface area contributed by atoms with Gasteiger partial charge in [0.05, 0.1) is 0 Å². The predicted octanol–water partition coefficient (Wildman–Crippen LogP) is 2.45. The Morgan fingerprint density at radius 1 is 1.17 bits per heavy atom. The molecule has 1 aromatic rings. The quantitative estimate of drug-likeness (QED) is 0.820. The summed E-state index contributed by atoms with van der Waals surface area (Å²) >= 11 is 6.26. The van der Waals surface area contributed by atoms with E-state index in [-0.39, 0.29) is 0 Å². The lowest BCUT2D eigenvalue weighted by molar-refractivity contribution is 0.401. The van der Waals surface area contributed by atoms with Crippen molar-refractivity contribution in [3.05, 3.63) is 28.8 Å². The molecule has 102 valence electrons. The maximum absolute atomic E-state index is 6.26. The number of hydrogen-bond acceptors (Lipinski definition) is 3. The highest BCUT2D eigenvalue weighted by molar-refractivity contribution is 6.31. The highest BCUT2D eigenvalue weighted by Gasteiger charge is 2.05. The molecule has 0 amide bonds. The molecule has 18 heavy (non-hydrogen) atoms. The third-order valence-corrected chi connectivity index (χ3v) is 3.30. The van der Waals surface area contributed by atoms with Gasteiger partial charge >= 0.3 is 0 Å². The first-order valence-electron chi connectivity index (χ1n) is 6.33. The van der Waals surface area contributed by atoms with Crippen molar-refractivity contribution >= 4 is 17.3 Å². The molecule has 0 spiro atoms. The summed E-state index contributed by atoms with van der Waals surface area (Å²) in [5, 5.41) is 3.95. The Morgan fingerprint density at radius 2 is 1.89 bits per heavy atom. The molecule has 0 aliphatic carbocycles. The summed E-state index contributed by atoms with van der Waals surface area (Å²) < 4.78 is 0. The zero-order valence-corrected chi connectivity index (χ0v) is 12.6. The van der Waals surface area contributed by atoms with Gasteiger partial charge < -0.3 is 15.1 Å². The van der Waals surface area contributed by atoms with E-state index in [0.29, 0.717) is 0 Å². The molecule has 1 rings (SSSR count). The van der Waals surface area contributed by atoms with Crippen LogP contribution in [-0.2, 0) is 6.54 Å². The molecule has 0 radical (unpaired) electrons. The lowest BCUT2D eigenvalue weighted by Gasteiger charge is -2.21. The molecule has 4 heteroatoms. The van der Waals surface area contributed by atoms with E-state index in [1.165, 1.54) is 5.69 Å². The van der Waals surface area contributed by atoms with E-state index in [4.69, 9.17) is 11.6 Å². The van der Waals surface area contributed by atoms with Gasteiger partial charge in [0.2, 0.25) is 0 Å². The van der Waals surface area contributed by atoms with Crippen molar-refractivity contribution < 1.29 is 0 Å². The summed E-state index contributed by atoms with van der Waals surface area (Å²) in [7, 11) is 8.24. The second-order valence-corrected chi connectivity index (χ2v) is 5.29. The summed E-state index contributed by atoms with van der Waals surface area (Å²) in [5.74, 6) is 0. The van der Waals surface area contributed by atoms with Crippen LogP contribution in [0.2, 0.25) is 5.02 Å². The Kier molecular flexibility index (Phi) is 6.47. The average molecular weight is 270 g/mol. The molecule has 1 N–H and O–H groups in total. The molecule has 3 nitrogen and oxygen atoms in total. The normalized spacial score (nSPS) is 11.0. The molecule has 0 bridgehead atoms. The van der Waals surface area contributed by atoms with Gasteiger partial charge in [0.15, 0.2) is 0 Å². The van der Waals surface area contributed by atoms with Crippen molar-refractivity contribution in [1.29, 1.82) is 0 Å². The first-order chi connectivity index (χ1) is 8.54. The minimum absolute atomic E-state index is 0.809. The highest BCUT2D eigenvalue weighted by atomic mass is 35.5. The van der Waals surface area contributed by atoms with Crippen LogP contribution >= 0.6 is 11.6 Å². The number of anilines is 1. The number of rotatable bonds is 7. The van der Waals surface area contributed by atoms with E-state index >= 15 is 0 Å². The van der Waals surface area contributed by atoms with Crippen molar-refractivity contribution in [2.24, 2.45) is 0 Å². The van der Waals surface area contributed by atoms with Gasteiger partial charge in [0.25, 0.3) is 0 Å². The van der Waals surface area contributed by atoms with Crippen LogP contribution in [0.15, 0.2) is 18.2 Å². The first kappa shape index (κ1) is 15.3. The molecule has 0 aliphatic heterocycles. The van der Waals surface area contributed by atoms with Crippen LogP contribution in [0.3, 0.4) is 0 Å². The number of nitrogens with one attached hydrogen (secondary N) is 1. The Morgan fingerprint density at radius 3 is 2.44 bits per heavy atom. The average Bonchev–Trinajstić information content (AvgIpc) is 2.31. The van der Waals surface area contributed by atoms with E-state index in [1.807, 2.05) is 13.1 Å². The number of benzene rings is 1. The molecular formula is C14H24ClN3. The van der Waals surface area contributed by atoms with Crippen LogP contribution in [0.25, 0.3) is 0 Å². The predicted molar refractivity (Wildman–Crippen MR) is 80.7 cm³/mol. The topological polar surface area (TPSA) is 18.5 Å². The third-order valence-electron chi connectivity index (χ3n) is 2.94. The fraction of sp³-hybridized carbons (Fsp3) is 0.571. The van der Waals surface area contributed by atoms with Crippen LogP contribution < -0.4 is 10.2 Å². The second-order valence-electron chi connectivity index (χ2n) is 4.88. The lowest BCUT2D eigenvalue weighted by Crippen LogP contribution is -2.23. The van der Waals surface area contributed by atoms with Gasteiger partial charge in [-0.05, 0) is 51.8 Å². The summed E-state index contributed by atoms with van der Waals surface area (Å²) in [6, 6.07) is 6.27. The van der Waals surface area contributed by atoms with Crippen LogP contribution in [0, 0.1) is 0 Å². The summed E-state index contributed by atoms with van der Waals surface area (Å²) in [6.45, 7) is 2.96. The Hall–Kier alpha value is -0.770. The summed E-state index contributed by atoms with van der Waals surface area (Å²) in [5.41, 5.74) is 2.32. The monoisotopic (exact) mass is 269 g/mol. The third kappa shape index (κ3) is 4.84. The van der Waals surface area contributed by atoms with E-state index in [9.17, 15) is 0 Å².